The fourth-order valence-electron chi connectivity index (χ4n) is 3.25. The number of rotatable bonds is 6. The summed E-state index contributed by atoms with van der Waals surface area (Å²) in [5.41, 5.74) is 0. The molecule has 0 saturated carbocycles. The van der Waals surface area contributed by atoms with Crippen LogP contribution in [0.5, 0.6) is 0 Å². The van der Waals surface area contributed by atoms with Gasteiger partial charge >= 0.3 is 0 Å². The van der Waals surface area contributed by atoms with Gasteiger partial charge in [-0.2, -0.15) is 0 Å². The van der Waals surface area contributed by atoms with E-state index in [0.29, 0.717) is 18.0 Å². The van der Waals surface area contributed by atoms with Gasteiger partial charge in [0.1, 0.15) is 0 Å². The summed E-state index contributed by atoms with van der Waals surface area (Å²) in [6.45, 7) is 11.1. The van der Waals surface area contributed by atoms with Crippen LogP contribution in [0.1, 0.15) is 46.5 Å². The molecule has 1 fully saturated rings. The van der Waals surface area contributed by atoms with E-state index in [0.717, 1.165) is 31.9 Å². The summed E-state index contributed by atoms with van der Waals surface area (Å²) >= 11 is 0. The van der Waals surface area contributed by atoms with Crippen LogP contribution in [-0.4, -0.2) is 49.1 Å². The Kier molecular flexibility index (Phi) is 6.55. The summed E-state index contributed by atoms with van der Waals surface area (Å²) in [5.74, 6) is 1.64. The molecule has 120 valence electrons. The lowest BCUT2D eigenvalue weighted by molar-refractivity contribution is 0.197. The van der Waals surface area contributed by atoms with E-state index >= 15 is 0 Å². The summed E-state index contributed by atoms with van der Waals surface area (Å²) in [7, 11) is 0. The number of hydrogen-bond donors (Lipinski definition) is 2. The van der Waals surface area contributed by atoms with E-state index < -0.39 is 0 Å². The molecule has 1 unspecified atom stereocenters. The maximum absolute atomic E-state index is 4.87. The quantitative estimate of drug-likeness (QED) is 0.448. The van der Waals surface area contributed by atoms with Gasteiger partial charge in [0.2, 0.25) is 0 Å². The summed E-state index contributed by atoms with van der Waals surface area (Å²) in [6, 6.07) is 1.09. The monoisotopic (exact) mass is 292 g/mol. The van der Waals surface area contributed by atoms with Gasteiger partial charge in [0, 0.05) is 18.6 Å². The predicted octanol–water partition coefficient (Wildman–Crippen LogP) is 2.38. The van der Waals surface area contributed by atoms with Gasteiger partial charge < -0.3 is 10.6 Å². The minimum absolute atomic E-state index is 0.520. The van der Waals surface area contributed by atoms with Crippen LogP contribution < -0.4 is 10.6 Å². The fourth-order valence-corrected chi connectivity index (χ4v) is 3.25. The van der Waals surface area contributed by atoms with Crippen molar-refractivity contribution in [3.8, 4) is 0 Å². The van der Waals surface area contributed by atoms with Crippen LogP contribution >= 0.6 is 0 Å². The summed E-state index contributed by atoms with van der Waals surface area (Å²) in [4.78, 5) is 7.49. The van der Waals surface area contributed by atoms with Gasteiger partial charge in [0.25, 0.3) is 0 Å². The third-order valence-electron chi connectivity index (χ3n) is 4.51. The SMILES string of the molecule is CCNC(=NCC(C(C)C)N1CCCC1)NC1CC=CC1. The lowest BCUT2D eigenvalue weighted by atomic mass is 10.0. The lowest BCUT2D eigenvalue weighted by Crippen LogP contribution is -2.44. The van der Waals surface area contributed by atoms with Gasteiger partial charge in [0.15, 0.2) is 5.96 Å². The molecule has 0 aromatic rings. The van der Waals surface area contributed by atoms with Crippen molar-refractivity contribution in [2.45, 2.75) is 58.5 Å². The van der Waals surface area contributed by atoms with Gasteiger partial charge in [-0.15, -0.1) is 0 Å². The third-order valence-corrected chi connectivity index (χ3v) is 4.51. The van der Waals surface area contributed by atoms with Crippen molar-refractivity contribution in [2.24, 2.45) is 10.9 Å². The zero-order valence-electron chi connectivity index (χ0n) is 13.9. The molecule has 1 saturated heterocycles. The molecule has 2 aliphatic rings. The first-order valence-corrected chi connectivity index (χ1v) is 8.64. The first-order chi connectivity index (χ1) is 10.2. The molecule has 1 atom stereocenters. The van der Waals surface area contributed by atoms with Crippen molar-refractivity contribution in [3.05, 3.63) is 12.2 Å². The molecule has 2 rings (SSSR count). The Morgan fingerprint density at radius 1 is 1.24 bits per heavy atom. The molecular weight excluding hydrogens is 260 g/mol. The summed E-state index contributed by atoms with van der Waals surface area (Å²) in [5, 5.41) is 6.95. The van der Waals surface area contributed by atoms with Crippen LogP contribution in [0.25, 0.3) is 0 Å². The van der Waals surface area contributed by atoms with Crippen LogP contribution in [0.3, 0.4) is 0 Å². The smallest absolute Gasteiger partial charge is 0.191 e. The standard InChI is InChI=1S/C17H32N4/c1-4-18-17(20-15-9-5-6-10-15)19-13-16(14(2)3)21-11-7-8-12-21/h5-6,14-16H,4,7-13H2,1-3H3,(H2,18,19,20). The van der Waals surface area contributed by atoms with Crippen molar-refractivity contribution in [1.82, 2.24) is 15.5 Å². The van der Waals surface area contributed by atoms with Crippen LogP contribution in [0, 0.1) is 5.92 Å². The number of hydrogen-bond acceptors (Lipinski definition) is 2. The number of likely N-dealkylation sites (tertiary alicyclic amines) is 1. The Bertz CT molecular complexity index is 348. The number of aliphatic imine (C=N–C) groups is 1. The predicted molar refractivity (Wildman–Crippen MR) is 90.7 cm³/mol. The minimum Gasteiger partial charge on any atom is -0.357 e. The lowest BCUT2D eigenvalue weighted by Gasteiger charge is -2.30. The molecule has 0 spiro atoms. The molecule has 1 heterocycles. The highest BCUT2D eigenvalue weighted by Crippen LogP contribution is 2.18. The van der Waals surface area contributed by atoms with E-state index in [2.05, 4.69) is 48.5 Å². The van der Waals surface area contributed by atoms with Crippen molar-refractivity contribution in [2.75, 3.05) is 26.2 Å². The van der Waals surface area contributed by atoms with E-state index in [4.69, 9.17) is 4.99 Å². The highest BCUT2D eigenvalue weighted by molar-refractivity contribution is 5.80. The number of nitrogens with one attached hydrogen (secondary N) is 2. The molecule has 0 amide bonds. The van der Waals surface area contributed by atoms with E-state index in [-0.39, 0.29) is 0 Å². The molecule has 0 aromatic carbocycles. The van der Waals surface area contributed by atoms with E-state index in [1.54, 1.807) is 0 Å². The molecule has 4 nitrogen and oxygen atoms in total. The Morgan fingerprint density at radius 3 is 2.48 bits per heavy atom. The number of nitrogens with zero attached hydrogens (tertiary/aromatic N) is 2. The van der Waals surface area contributed by atoms with Crippen molar-refractivity contribution < 1.29 is 0 Å². The fraction of sp³-hybridized carbons (Fsp3) is 0.824. The second kappa shape index (κ2) is 8.42. The maximum Gasteiger partial charge on any atom is 0.191 e. The summed E-state index contributed by atoms with van der Waals surface area (Å²) in [6.07, 6.45) is 9.43. The zero-order valence-corrected chi connectivity index (χ0v) is 13.9. The van der Waals surface area contributed by atoms with E-state index in [9.17, 15) is 0 Å². The van der Waals surface area contributed by atoms with Gasteiger partial charge in [0.05, 0.1) is 6.54 Å². The summed E-state index contributed by atoms with van der Waals surface area (Å²) < 4.78 is 0. The molecule has 0 aromatic heterocycles. The molecule has 1 aliphatic heterocycles. The second-order valence-electron chi connectivity index (χ2n) is 6.56. The average molecular weight is 292 g/mol. The van der Waals surface area contributed by atoms with Gasteiger partial charge in [-0.05, 0) is 51.6 Å². The highest BCUT2D eigenvalue weighted by atomic mass is 15.2. The zero-order chi connectivity index (χ0) is 15.1. The van der Waals surface area contributed by atoms with Crippen LogP contribution in [0.2, 0.25) is 0 Å². The van der Waals surface area contributed by atoms with E-state index in [1.165, 1.54) is 25.9 Å². The highest BCUT2D eigenvalue weighted by Gasteiger charge is 2.24. The van der Waals surface area contributed by atoms with Crippen LogP contribution in [0.4, 0.5) is 0 Å². The first-order valence-electron chi connectivity index (χ1n) is 8.64. The number of guanidine groups is 1. The van der Waals surface area contributed by atoms with Gasteiger partial charge in [-0.25, -0.2) is 0 Å². The molecule has 2 N–H and O–H groups in total. The Labute approximate surface area is 130 Å². The van der Waals surface area contributed by atoms with E-state index in [1.807, 2.05) is 0 Å². The van der Waals surface area contributed by atoms with Crippen molar-refractivity contribution >= 4 is 5.96 Å². The Balaban J connectivity index is 1.91. The molecule has 0 bridgehead atoms. The Morgan fingerprint density at radius 2 is 1.90 bits per heavy atom. The average Bonchev–Trinajstić information content (AvgIpc) is 3.11. The van der Waals surface area contributed by atoms with Gasteiger partial charge in [-0.1, -0.05) is 26.0 Å². The second-order valence-corrected chi connectivity index (χ2v) is 6.56. The molecule has 4 heteroatoms. The van der Waals surface area contributed by atoms with Crippen molar-refractivity contribution in [3.63, 3.8) is 0 Å². The molecule has 21 heavy (non-hydrogen) atoms. The third kappa shape index (κ3) is 5.03. The topological polar surface area (TPSA) is 39.7 Å². The molecular formula is C17H32N4. The first kappa shape index (κ1) is 16.3. The van der Waals surface area contributed by atoms with Crippen LogP contribution in [-0.2, 0) is 0 Å². The molecule has 0 radical (unpaired) electrons. The van der Waals surface area contributed by atoms with Crippen molar-refractivity contribution in [1.29, 1.82) is 0 Å². The normalized spacial score (nSPS) is 22.2. The van der Waals surface area contributed by atoms with Gasteiger partial charge in [-0.3, -0.25) is 9.89 Å². The van der Waals surface area contributed by atoms with Crippen LogP contribution in [0.15, 0.2) is 17.1 Å². The maximum atomic E-state index is 4.87. The largest absolute Gasteiger partial charge is 0.357 e. The Hall–Kier alpha value is -1.03. The minimum atomic E-state index is 0.520. The molecule has 1 aliphatic carbocycles.